The van der Waals surface area contributed by atoms with Crippen LogP contribution in [0.1, 0.15) is 28.4 Å². The number of aryl methyl sites for hydroxylation is 1. The summed E-state index contributed by atoms with van der Waals surface area (Å²) in [4.78, 5) is 25.4. The van der Waals surface area contributed by atoms with E-state index >= 15 is 0 Å². The van der Waals surface area contributed by atoms with Crippen molar-refractivity contribution in [3.05, 3.63) is 86.4 Å². The van der Waals surface area contributed by atoms with E-state index in [4.69, 9.17) is 35.0 Å². The van der Waals surface area contributed by atoms with Crippen LogP contribution < -0.4 is 19.8 Å². The minimum atomic E-state index is -1.09. The number of methoxy groups -OCH3 is 2. The normalized spacial score (nSPS) is 16.8. The Bertz CT molecular complexity index is 1220. The lowest BCUT2D eigenvalue weighted by Gasteiger charge is -2.21. The maximum absolute atomic E-state index is 12.8. The lowest BCUT2D eigenvalue weighted by molar-refractivity contribution is -0.148. The lowest BCUT2D eigenvalue weighted by atomic mass is 9.88. The van der Waals surface area contributed by atoms with Crippen LogP contribution in [0, 0.1) is 6.92 Å². The molecule has 0 saturated carbocycles. The van der Waals surface area contributed by atoms with E-state index < -0.39 is 23.6 Å². The molecule has 0 saturated heterocycles. The smallest absolute Gasteiger partial charge is 0.348 e. The summed E-state index contributed by atoms with van der Waals surface area (Å²) in [5.41, 5.74) is 0.939. The first kappa shape index (κ1) is 21.8. The molecule has 4 rings (SSSR count). The summed E-state index contributed by atoms with van der Waals surface area (Å²) in [6.45, 7) is 1.79. The van der Waals surface area contributed by atoms with Crippen LogP contribution in [0.15, 0.2) is 57.7 Å². The van der Waals surface area contributed by atoms with Crippen LogP contribution >= 0.6 is 11.6 Å². The van der Waals surface area contributed by atoms with Gasteiger partial charge in [-0.3, -0.25) is 0 Å². The molecule has 166 valence electrons. The fourth-order valence-corrected chi connectivity index (χ4v) is 4.00. The quantitative estimate of drug-likeness (QED) is 0.512. The van der Waals surface area contributed by atoms with Crippen LogP contribution in [0.2, 0.25) is 5.02 Å². The Morgan fingerprint density at radius 1 is 1.12 bits per heavy atom. The average molecular weight is 457 g/mol. The minimum Gasteiger partial charge on any atom is -0.493 e. The first-order valence-electron chi connectivity index (χ1n) is 9.86. The Hall–Kier alpha value is -3.45. The van der Waals surface area contributed by atoms with Crippen molar-refractivity contribution < 1.29 is 28.2 Å². The van der Waals surface area contributed by atoms with Crippen molar-refractivity contribution >= 4 is 17.6 Å². The fraction of sp³-hybridized carbons (Fsp3) is 0.250. The van der Waals surface area contributed by atoms with E-state index in [0.29, 0.717) is 27.8 Å². The standard InChI is InChI=1S/C24H21ClO7/c1-13-11-18-20(23(26)31-13)19(22(32-18)24(27)29-3)15-8-6-10-17(28-2)21(15)30-12-14-7-4-5-9-16(14)25/h4-11,19,22H,12H2,1-3H3/t19-,22+/m1/s1. The summed E-state index contributed by atoms with van der Waals surface area (Å²) >= 11 is 6.27. The molecule has 8 heteroatoms. The van der Waals surface area contributed by atoms with Crippen LogP contribution in [0.5, 0.6) is 17.2 Å². The second-order valence-corrected chi connectivity index (χ2v) is 7.63. The average Bonchev–Trinajstić information content (AvgIpc) is 3.17. The van der Waals surface area contributed by atoms with Gasteiger partial charge in [-0.05, 0) is 19.1 Å². The van der Waals surface area contributed by atoms with Crippen molar-refractivity contribution in [1.29, 1.82) is 0 Å². The summed E-state index contributed by atoms with van der Waals surface area (Å²) in [6, 6.07) is 14.1. The molecule has 3 aromatic rings. The van der Waals surface area contributed by atoms with Gasteiger partial charge in [0.1, 0.15) is 18.1 Å². The van der Waals surface area contributed by atoms with E-state index in [1.807, 2.05) is 18.2 Å². The van der Waals surface area contributed by atoms with Crippen molar-refractivity contribution in [3.63, 3.8) is 0 Å². The molecule has 1 aromatic heterocycles. The third-order valence-electron chi connectivity index (χ3n) is 5.27. The number of esters is 1. The molecule has 0 aliphatic carbocycles. The Labute approximate surface area is 189 Å². The lowest BCUT2D eigenvalue weighted by Crippen LogP contribution is -2.32. The number of fused-ring (bicyclic) bond motifs is 1. The monoisotopic (exact) mass is 456 g/mol. The zero-order valence-electron chi connectivity index (χ0n) is 17.7. The highest BCUT2D eigenvalue weighted by atomic mass is 35.5. The van der Waals surface area contributed by atoms with Crippen molar-refractivity contribution in [3.8, 4) is 17.2 Å². The number of rotatable bonds is 6. The molecule has 0 N–H and O–H groups in total. The molecule has 0 unspecified atom stereocenters. The summed E-state index contributed by atoms with van der Waals surface area (Å²) in [7, 11) is 2.77. The van der Waals surface area contributed by atoms with Gasteiger partial charge < -0.3 is 23.4 Å². The number of carbonyl (C=O) groups is 1. The molecule has 32 heavy (non-hydrogen) atoms. The topological polar surface area (TPSA) is 84.2 Å². The van der Waals surface area contributed by atoms with E-state index in [1.165, 1.54) is 14.2 Å². The Morgan fingerprint density at radius 3 is 2.62 bits per heavy atom. The SMILES string of the molecule is COC(=O)[C@H]1Oc2cc(C)oc(=O)c2[C@H]1c1cccc(OC)c1OCc1ccccc1Cl. The number of para-hydroxylation sites is 1. The van der Waals surface area contributed by atoms with E-state index in [9.17, 15) is 9.59 Å². The van der Waals surface area contributed by atoms with Crippen LogP contribution in [0.25, 0.3) is 0 Å². The van der Waals surface area contributed by atoms with Crippen LogP contribution in [-0.2, 0) is 16.1 Å². The van der Waals surface area contributed by atoms with Gasteiger partial charge in [0.15, 0.2) is 11.5 Å². The third kappa shape index (κ3) is 3.91. The maximum atomic E-state index is 12.8. The predicted molar refractivity (Wildman–Crippen MR) is 117 cm³/mol. The molecule has 1 aliphatic rings. The van der Waals surface area contributed by atoms with Gasteiger partial charge in [0, 0.05) is 22.2 Å². The molecule has 7 nitrogen and oxygen atoms in total. The second-order valence-electron chi connectivity index (χ2n) is 7.22. The predicted octanol–water partition coefficient (Wildman–Crippen LogP) is 4.26. The van der Waals surface area contributed by atoms with Crippen molar-refractivity contribution in [2.24, 2.45) is 0 Å². The highest BCUT2D eigenvalue weighted by molar-refractivity contribution is 6.31. The van der Waals surface area contributed by atoms with E-state index in [0.717, 1.165) is 5.56 Å². The summed E-state index contributed by atoms with van der Waals surface area (Å²) < 4.78 is 27.7. The van der Waals surface area contributed by atoms with Crippen molar-refractivity contribution in [1.82, 2.24) is 0 Å². The molecule has 0 radical (unpaired) electrons. The van der Waals surface area contributed by atoms with Crippen LogP contribution in [-0.4, -0.2) is 26.3 Å². The van der Waals surface area contributed by atoms with Gasteiger partial charge in [0.05, 0.1) is 25.7 Å². The van der Waals surface area contributed by atoms with Gasteiger partial charge in [-0.2, -0.15) is 0 Å². The molecule has 1 aliphatic heterocycles. The Kier molecular flexibility index (Phi) is 6.10. The third-order valence-corrected chi connectivity index (χ3v) is 5.64. The molecule has 0 bridgehead atoms. The van der Waals surface area contributed by atoms with E-state index in [1.54, 1.807) is 37.3 Å². The summed E-state index contributed by atoms with van der Waals surface area (Å²) in [5.74, 6) is 0.0139. The Balaban J connectivity index is 1.84. The van der Waals surface area contributed by atoms with Crippen LogP contribution in [0.3, 0.4) is 0 Å². The van der Waals surface area contributed by atoms with Gasteiger partial charge in [-0.25, -0.2) is 9.59 Å². The van der Waals surface area contributed by atoms with E-state index in [2.05, 4.69) is 0 Å². The highest BCUT2D eigenvalue weighted by Gasteiger charge is 2.45. The number of hydrogen-bond acceptors (Lipinski definition) is 7. The largest absolute Gasteiger partial charge is 0.493 e. The zero-order chi connectivity index (χ0) is 22.8. The first-order valence-corrected chi connectivity index (χ1v) is 10.2. The first-order chi connectivity index (χ1) is 15.4. The van der Waals surface area contributed by atoms with Gasteiger partial charge in [0.25, 0.3) is 0 Å². The molecule has 2 atom stereocenters. The number of halogens is 1. The molecular weight excluding hydrogens is 436 g/mol. The van der Waals surface area contributed by atoms with Crippen molar-refractivity contribution in [2.45, 2.75) is 25.6 Å². The second kappa shape index (κ2) is 8.96. The molecule has 0 amide bonds. The van der Waals surface area contributed by atoms with Gasteiger partial charge in [-0.1, -0.05) is 41.9 Å². The van der Waals surface area contributed by atoms with E-state index in [-0.39, 0.29) is 17.9 Å². The number of hydrogen-bond donors (Lipinski definition) is 0. The molecule has 2 aromatic carbocycles. The number of carbonyl (C=O) groups excluding carboxylic acids is 1. The molecular formula is C24H21ClO7. The van der Waals surface area contributed by atoms with Gasteiger partial charge >= 0.3 is 11.6 Å². The van der Waals surface area contributed by atoms with Gasteiger partial charge in [0.2, 0.25) is 6.10 Å². The van der Waals surface area contributed by atoms with Crippen LogP contribution in [0.4, 0.5) is 0 Å². The molecule has 2 heterocycles. The summed E-state index contributed by atoms with van der Waals surface area (Å²) in [6.07, 6.45) is -1.09. The highest BCUT2D eigenvalue weighted by Crippen LogP contribution is 2.47. The minimum absolute atomic E-state index is 0.152. The fourth-order valence-electron chi connectivity index (χ4n) is 3.80. The zero-order valence-corrected chi connectivity index (χ0v) is 18.5. The molecule has 0 spiro atoms. The van der Waals surface area contributed by atoms with Gasteiger partial charge in [-0.15, -0.1) is 0 Å². The number of benzene rings is 2. The van der Waals surface area contributed by atoms with Crippen molar-refractivity contribution in [2.75, 3.05) is 14.2 Å². The Morgan fingerprint density at radius 2 is 1.91 bits per heavy atom. The summed E-state index contributed by atoms with van der Waals surface area (Å²) in [5, 5.41) is 0.557. The molecule has 0 fully saturated rings. The maximum Gasteiger partial charge on any atom is 0.348 e. The number of ether oxygens (including phenoxy) is 4.